The van der Waals surface area contributed by atoms with Gasteiger partial charge in [0.1, 0.15) is 11.2 Å². The summed E-state index contributed by atoms with van der Waals surface area (Å²) in [5.41, 5.74) is 6.83. The van der Waals surface area contributed by atoms with Gasteiger partial charge in [0.15, 0.2) is 0 Å². The Morgan fingerprint density at radius 1 is 0.356 bits per heavy atom. The number of hydrogen-bond acceptors (Lipinski definition) is 1. The largest absolute Gasteiger partial charge is 0.456 e. The molecule has 1 heteroatoms. The number of furan rings is 1. The standard InChI is InChI=1S/C44H28O/c1-2-12-30(13-3-1)33-14-4-5-16-35(33)44-38-19-8-6-17-36(38)43(37-18-7-9-20-39(37)44)31-24-22-29(23-25-31)32-26-27-42-40(28-32)34-15-10-11-21-41(34)45-42/h1-28H/i6D,7D,8D,9D,17D,18D,19D,20D. The van der Waals surface area contributed by atoms with Crippen molar-refractivity contribution in [2.75, 3.05) is 0 Å². The van der Waals surface area contributed by atoms with Gasteiger partial charge in [-0.25, -0.2) is 0 Å². The molecule has 0 aliphatic rings. The lowest BCUT2D eigenvalue weighted by atomic mass is 9.83. The third-order valence-corrected chi connectivity index (χ3v) is 8.54. The van der Waals surface area contributed by atoms with Gasteiger partial charge in [0.05, 0.1) is 11.0 Å². The highest BCUT2D eigenvalue weighted by atomic mass is 16.3. The molecule has 0 fully saturated rings. The van der Waals surface area contributed by atoms with Crippen LogP contribution in [0.15, 0.2) is 174 Å². The van der Waals surface area contributed by atoms with Crippen molar-refractivity contribution < 1.29 is 15.4 Å². The van der Waals surface area contributed by atoms with E-state index >= 15 is 0 Å². The van der Waals surface area contributed by atoms with Gasteiger partial charge in [-0.2, -0.15) is 0 Å². The molecule has 1 heterocycles. The van der Waals surface area contributed by atoms with Crippen molar-refractivity contribution >= 4 is 43.5 Å². The van der Waals surface area contributed by atoms with Crippen LogP contribution in [0.1, 0.15) is 11.0 Å². The van der Waals surface area contributed by atoms with E-state index in [4.69, 9.17) is 9.90 Å². The Morgan fingerprint density at radius 3 is 1.60 bits per heavy atom. The van der Waals surface area contributed by atoms with Crippen molar-refractivity contribution in [1.82, 2.24) is 0 Å². The molecule has 0 radical (unpaired) electrons. The fraction of sp³-hybridized carbons (Fsp3) is 0. The second-order valence-corrected chi connectivity index (χ2v) is 11.0. The Labute approximate surface area is 272 Å². The molecular weight excluding hydrogens is 544 g/mol. The molecule has 0 spiro atoms. The van der Waals surface area contributed by atoms with Gasteiger partial charge < -0.3 is 4.42 Å². The predicted octanol–water partition coefficient (Wildman–Crippen LogP) is 12.6. The van der Waals surface area contributed by atoms with Crippen LogP contribution in [0.3, 0.4) is 0 Å². The first-order valence-corrected chi connectivity index (χ1v) is 14.8. The Morgan fingerprint density at radius 2 is 0.889 bits per heavy atom. The fourth-order valence-corrected chi connectivity index (χ4v) is 6.49. The minimum Gasteiger partial charge on any atom is -0.456 e. The highest BCUT2D eigenvalue weighted by molar-refractivity contribution is 6.22. The first-order valence-electron chi connectivity index (χ1n) is 18.8. The van der Waals surface area contributed by atoms with Crippen LogP contribution >= 0.6 is 0 Å². The molecule has 0 bridgehead atoms. The van der Waals surface area contributed by atoms with Crippen LogP contribution in [0.5, 0.6) is 0 Å². The Balaban J connectivity index is 1.39. The second kappa shape index (κ2) is 10.4. The summed E-state index contributed by atoms with van der Waals surface area (Å²) in [5, 5.41) is 2.74. The summed E-state index contributed by atoms with van der Waals surface area (Å²) in [5.74, 6) is 0. The molecule has 9 aromatic rings. The Bertz CT molecular complexity index is 2890. The molecule has 45 heavy (non-hydrogen) atoms. The molecule has 0 saturated carbocycles. The fourth-order valence-electron chi connectivity index (χ4n) is 6.49. The monoisotopic (exact) mass is 580 g/mol. The van der Waals surface area contributed by atoms with E-state index in [0.29, 0.717) is 22.3 Å². The quantitative estimate of drug-likeness (QED) is 0.189. The Kier molecular flexibility index (Phi) is 4.30. The topological polar surface area (TPSA) is 13.1 Å². The summed E-state index contributed by atoms with van der Waals surface area (Å²) < 4.78 is 78.3. The molecule has 210 valence electrons. The molecule has 8 aromatic carbocycles. The van der Waals surface area contributed by atoms with E-state index in [-0.39, 0.29) is 45.7 Å². The highest BCUT2D eigenvalue weighted by Crippen LogP contribution is 2.46. The first kappa shape index (κ1) is 18.7. The summed E-state index contributed by atoms with van der Waals surface area (Å²) >= 11 is 0. The lowest BCUT2D eigenvalue weighted by molar-refractivity contribution is 0.669. The second-order valence-electron chi connectivity index (χ2n) is 11.0. The van der Waals surface area contributed by atoms with Crippen molar-refractivity contribution in [3.8, 4) is 44.5 Å². The van der Waals surface area contributed by atoms with E-state index < -0.39 is 24.2 Å². The van der Waals surface area contributed by atoms with Crippen LogP contribution in [0.25, 0.3) is 88.0 Å². The van der Waals surface area contributed by atoms with Crippen molar-refractivity contribution in [3.63, 3.8) is 0 Å². The van der Waals surface area contributed by atoms with Gasteiger partial charge in [0.2, 0.25) is 0 Å². The zero-order valence-electron chi connectivity index (χ0n) is 32.0. The molecule has 9 rings (SSSR count). The maximum atomic E-state index is 9.31. The molecule has 0 N–H and O–H groups in total. The molecule has 0 saturated heterocycles. The first-order chi connectivity index (χ1) is 25.7. The van der Waals surface area contributed by atoms with Crippen molar-refractivity contribution in [3.05, 3.63) is 170 Å². The SMILES string of the molecule is [2H]c1c([2H])c([2H])c2c(-c3ccccc3-c3ccccc3)c3c([2H])c([2H])c([2H])c([2H])c3c(-c3ccc(-c4ccc5oc6ccccc6c5c4)cc3)c2c1[2H]. The van der Waals surface area contributed by atoms with Crippen LogP contribution in [0.4, 0.5) is 0 Å². The summed E-state index contributed by atoms with van der Waals surface area (Å²) in [4.78, 5) is 0. The average molecular weight is 581 g/mol. The minimum atomic E-state index is -0.427. The van der Waals surface area contributed by atoms with Crippen LogP contribution < -0.4 is 0 Å². The van der Waals surface area contributed by atoms with Crippen molar-refractivity contribution in [1.29, 1.82) is 0 Å². The molecule has 0 aliphatic carbocycles. The van der Waals surface area contributed by atoms with Crippen LogP contribution in [0, 0.1) is 0 Å². The maximum absolute atomic E-state index is 9.31. The van der Waals surface area contributed by atoms with Crippen LogP contribution in [-0.4, -0.2) is 0 Å². The Hall–Kier alpha value is -5.92. The molecule has 0 atom stereocenters. The lowest BCUT2D eigenvalue weighted by Crippen LogP contribution is -1.92. The smallest absolute Gasteiger partial charge is 0.135 e. The zero-order valence-corrected chi connectivity index (χ0v) is 24.0. The predicted molar refractivity (Wildman–Crippen MR) is 190 cm³/mol. The van der Waals surface area contributed by atoms with Gasteiger partial charge in [0, 0.05) is 10.8 Å². The third-order valence-electron chi connectivity index (χ3n) is 8.54. The number of hydrogen-bond donors (Lipinski definition) is 0. The van der Waals surface area contributed by atoms with Gasteiger partial charge in [-0.05, 0) is 84.3 Å². The van der Waals surface area contributed by atoms with Gasteiger partial charge in [-0.15, -0.1) is 0 Å². The maximum Gasteiger partial charge on any atom is 0.135 e. The normalized spacial score (nSPS) is 14.0. The number of benzene rings is 8. The van der Waals surface area contributed by atoms with E-state index in [1.54, 1.807) is 0 Å². The molecule has 0 unspecified atom stereocenters. The van der Waals surface area contributed by atoms with Gasteiger partial charge in [-0.3, -0.25) is 0 Å². The summed E-state index contributed by atoms with van der Waals surface area (Å²) in [7, 11) is 0. The molecular formula is C44H28O. The van der Waals surface area contributed by atoms with E-state index in [2.05, 4.69) is 6.07 Å². The highest BCUT2D eigenvalue weighted by Gasteiger charge is 2.18. The summed E-state index contributed by atoms with van der Waals surface area (Å²) in [6.45, 7) is 0. The molecule has 0 amide bonds. The molecule has 0 aliphatic heterocycles. The van der Waals surface area contributed by atoms with Crippen LogP contribution in [-0.2, 0) is 0 Å². The van der Waals surface area contributed by atoms with Crippen molar-refractivity contribution in [2.24, 2.45) is 0 Å². The summed E-state index contributed by atoms with van der Waals surface area (Å²) in [6, 6.07) is 35.6. The average Bonchev–Trinajstić information content (AvgIpc) is 3.58. The van der Waals surface area contributed by atoms with Crippen LogP contribution in [0.2, 0.25) is 0 Å². The number of para-hydroxylation sites is 1. The summed E-state index contributed by atoms with van der Waals surface area (Å²) in [6.07, 6.45) is 0. The van der Waals surface area contributed by atoms with E-state index in [1.165, 1.54) is 0 Å². The van der Waals surface area contributed by atoms with E-state index in [9.17, 15) is 5.48 Å². The van der Waals surface area contributed by atoms with Gasteiger partial charge >= 0.3 is 0 Å². The van der Waals surface area contributed by atoms with E-state index in [1.807, 2.05) is 115 Å². The van der Waals surface area contributed by atoms with E-state index in [0.717, 1.165) is 44.2 Å². The number of fused-ring (bicyclic) bond motifs is 5. The third kappa shape index (κ3) is 4.17. The molecule has 1 aromatic heterocycles. The van der Waals surface area contributed by atoms with Gasteiger partial charge in [-0.1, -0.05) is 151 Å². The number of rotatable bonds is 4. The minimum absolute atomic E-state index is 0.186. The lowest BCUT2D eigenvalue weighted by Gasteiger charge is -2.19. The van der Waals surface area contributed by atoms with Gasteiger partial charge in [0.25, 0.3) is 0 Å². The zero-order chi connectivity index (χ0) is 36.7. The van der Waals surface area contributed by atoms with Crippen molar-refractivity contribution in [2.45, 2.75) is 0 Å². The molecule has 1 nitrogen and oxygen atoms in total.